The molecule has 1 aliphatic rings. The highest BCUT2D eigenvalue weighted by molar-refractivity contribution is 7.85. The van der Waals surface area contributed by atoms with E-state index in [1.165, 1.54) is 36.4 Å². The largest absolute Gasteiger partial charge is 0.462 e. The van der Waals surface area contributed by atoms with Crippen molar-refractivity contribution in [3.8, 4) is 6.07 Å². The number of hydrogen-bond donors (Lipinski definition) is 1. The Balaban J connectivity index is 2.43. The summed E-state index contributed by atoms with van der Waals surface area (Å²) in [5.74, 6) is 0.832. The van der Waals surface area contributed by atoms with Crippen LogP contribution in [0.25, 0.3) is 10.9 Å². The highest BCUT2D eigenvalue weighted by atomic mass is 32.2. The molecule has 1 N–H and O–H groups in total. The smallest absolute Gasteiger partial charge is 0.295 e. The van der Waals surface area contributed by atoms with Crippen molar-refractivity contribution in [1.82, 2.24) is 0 Å². The summed E-state index contributed by atoms with van der Waals surface area (Å²) in [7, 11) is -4.34. The number of rotatable bonds is 3. The van der Waals surface area contributed by atoms with Gasteiger partial charge < -0.3 is 4.74 Å². The lowest BCUT2D eigenvalue weighted by atomic mass is 10.1. The molecule has 24 heavy (non-hydrogen) atoms. The van der Waals surface area contributed by atoms with E-state index in [1.54, 1.807) is 19.1 Å². The second kappa shape index (κ2) is 6.97. The van der Waals surface area contributed by atoms with Crippen LogP contribution >= 0.6 is 0 Å². The predicted octanol–water partition coefficient (Wildman–Crippen LogP) is 3.46. The fourth-order valence-electron chi connectivity index (χ4n) is 2.06. The Labute approximate surface area is 139 Å². The van der Waals surface area contributed by atoms with Crippen molar-refractivity contribution in [3.05, 3.63) is 82.3 Å². The summed E-state index contributed by atoms with van der Waals surface area (Å²) in [4.78, 5) is 2.93. The van der Waals surface area contributed by atoms with E-state index in [0.717, 1.165) is 0 Å². The second-order valence-electron chi connectivity index (χ2n) is 4.78. The summed E-state index contributed by atoms with van der Waals surface area (Å²) in [6.07, 6.45) is 6.05. The van der Waals surface area contributed by atoms with Gasteiger partial charge in [-0.1, -0.05) is 18.2 Å². The standard InChI is InChI=1S/C17H12N2O4S/c1-12-9-14(16(11-18)19-2)10-15(23-12)8-7-13-5-3-4-6-17(13)24(20,21)22/h3-10H,1H3,(H,20,21,22)/b8-7+,16-14+. The van der Waals surface area contributed by atoms with Crippen molar-refractivity contribution in [3.63, 3.8) is 0 Å². The quantitative estimate of drug-likeness (QED) is 0.517. The maximum Gasteiger partial charge on any atom is 0.295 e. The predicted molar refractivity (Wildman–Crippen MR) is 87.5 cm³/mol. The second-order valence-corrected chi connectivity index (χ2v) is 6.17. The summed E-state index contributed by atoms with van der Waals surface area (Å²) < 4.78 is 37.4. The third kappa shape index (κ3) is 3.99. The van der Waals surface area contributed by atoms with E-state index in [-0.39, 0.29) is 16.2 Å². The SMILES string of the molecule is [C-]#[N+]/C(C#N)=C1\C=C(C)OC(/C=C/c2ccccc2S(=O)(=O)O)=C1. The van der Waals surface area contributed by atoms with Crippen molar-refractivity contribution in [2.45, 2.75) is 11.8 Å². The van der Waals surface area contributed by atoms with Crippen LogP contribution in [0.15, 0.2) is 70.2 Å². The van der Waals surface area contributed by atoms with E-state index in [9.17, 15) is 13.0 Å². The van der Waals surface area contributed by atoms with E-state index in [1.807, 2.05) is 6.07 Å². The van der Waals surface area contributed by atoms with Crippen LogP contribution in [0.1, 0.15) is 12.5 Å². The number of nitrogens with zero attached hydrogens (tertiary/aromatic N) is 2. The fourth-order valence-corrected chi connectivity index (χ4v) is 2.74. The Hall–Kier alpha value is -3.13. The van der Waals surface area contributed by atoms with Gasteiger partial charge in [-0.15, -0.1) is 0 Å². The highest BCUT2D eigenvalue weighted by Crippen LogP contribution is 2.24. The zero-order chi connectivity index (χ0) is 17.7. The van der Waals surface area contributed by atoms with Crippen LogP contribution in [0.3, 0.4) is 0 Å². The molecule has 0 amide bonds. The van der Waals surface area contributed by atoms with Gasteiger partial charge in [0.15, 0.2) is 0 Å². The minimum atomic E-state index is -4.34. The molecule has 0 radical (unpaired) electrons. The number of nitriles is 1. The molecule has 1 heterocycles. The van der Waals surface area contributed by atoms with E-state index in [0.29, 0.717) is 17.1 Å². The summed E-state index contributed by atoms with van der Waals surface area (Å²) in [6, 6.07) is 7.76. The van der Waals surface area contributed by atoms with Gasteiger partial charge in [-0.3, -0.25) is 4.55 Å². The van der Waals surface area contributed by atoms with Gasteiger partial charge >= 0.3 is 0 Å². The zero-order valence-electron chi connectivity index (χ0n) is 12.6. The van der Waals surface area contributed by atoms with E-state index >= 15 is 0 Å². The molecule has 2 rings (SSSR count). The lowest BCUT2D eigenvalue weighted by Gasteiger charge is -2.13. The van der Waals surface area contributed by atoms with Crippen molar-refractivity contribution in [1.29, 1.82) is 5.26 Å². The normalized spacial score (nSPS) is 16.5. The fraction of sp³-hybridized carbons (Fsp3) is 0.0588. The molecule has 0 atom stereocenters. The Bertz CT molecular complexity index is 968. The van der Waals surface area contributed by atoms with Crippen LogP contribution < -0.4 is 0 Å². The third-order valence-electron chi connectivity index (χ3n) is 3.05. The first kappa shape index (κ1) is 17.2. The van der Waals surface area contributed by atoms with Crippen molar-refractivity contribution >= 4 is 16.2 Å². The lowest BCUT2D eigenvalue weighted by Crippen LogP contribution is -2.00. The maximum atomic E-state index is 11.4. The molecule has 0 aromatic heterocycles. The zero-order valence-corrected chi connectivity index (χ0v) is 13.4. The molecule has 1 aliphatic heterocycles. The Morgan fingerprint density at radius 2 is 2.04 bits per heavy atom. The molecule has 0 saturated carbocycles. The molecule has 0 saturated heterocycles. The Morgan fingerprint density at radius 1 is 1.33 bits per heavy atom. The molecule has 6 nitrogen and oxygen atoms in total. The lowest BCUT2D eigenvalue weighted by molar-refractivity contribution is 0.318. The van der Waals surface area contributed by atoms with Crippen LogP contribution in [0, 0.1) is 17.9 Å². The van der Waals surface area contributed by atoms with Gasteiger partial charge in [0.2, 0.25) is 0 Å². The monoisotopic (exact) mass is 340 g/mol. The van der Waals surface area contributed by atoms with Gasteiger partial charge in [0.1, 0.15) is 16.4 Å². The number of hydrogen-bond acceptors (Lipinski definition) is 4. The topological polar surface area (TPSA) is 91.8 Å². The van der Waals surface area contributed by atoms with Crippen LogP contribution in [0.2, 0.25) is 0 Å². The van der Waals surface area contributed by atoms with Crippen LogP contribution in [0.5, 0.6) is 0 Å². The van der Waals surface area contributed by atoms with Gasteiger partial charge in [-0.25, -0.2) is 10.1 Å². The van der Waals surface area contributed by atoms with E-state index in [4.69, 9.17) is 16.6 Å². The molecule has 1 aromatic carbocycles. The molecular weight excluding hydrogens is 328 g/mol. The summed E-state index contributed by atoms with van der Waals surface area (Å²) in [6.45, 7) is 8.67. The molecule has 0 aliphatic carbocycles. The third-order valence-corrected chi connectivity index (χ3v) is 3.98. The molecule has 7 heteroatoms. The first-order valence-corrected chi connectivity index (χ1v) is 8.13. The van der Waals surface area contributed by atoms with Crippen molar-refractivity contribution in [2.24, 2.45) is 0 Å². The van der Waals surface area contributed by atoms with Crippen LogP contribution in [-0.2, 0) is 14.9 Å². The Kier molecular flexibility index (Phi) is 5.00. The van der Waals surface area contributed by atoms with Crippen LogP contribution in [0.4, 0.5) is 0 Å². The molecule has 120 valence electrons. The molecule has 1 aromatic rings. The average Bonchev–Trinajstić information content (AvgIpc) is 2.53. The van der Waals surface area contributed by atoms with Gasteiger partial charge in [-0.05, 0) is 48.4 Å². The van der Waals surface area contributed by atoms with Crippen molar-refractivity contribution in [2.75, 3.05) is 0 Å². The molecule has 0 spiro atoms. The molecule has 0 unspecified atom stereocenters. The average molecular weight is 340 g/mol. The van der Waals surface area contributed by atoms with Gasteiger partial charge in [0.25, 0.3) is 15.8 Å². The van der Waals surface area contributed by atoms with E-state index < -0.39 is 10.1 Å². The minimum absolute atomic E-state index is 0.0677. The molecule has 0 fully saturated rings. The number of allylic oxidation sites excluding steroid dienone is 6. The summed E-state index contributed by atoms with van der Waals surface area (Å²) in [5, 5.41) is 8.95. The minimum Gasteiger partial charge on any atom is -0.462 e. The number of benzene rings is 1. The van der Waals surface area contributed by atoms with Gasteiger partial charge in [0.05, 0.1) is 12.6 Å². The van der Waals surface area contributed by atoms with Crippen LogP contribution in [-0.4, -0.2) is 13.0 Å². The maximum absolute atomic E-state index is 11.4. The van der Waals surface area contributed by atoms with Gasteiger partial charge in [0, 0.05) is 0 Å². The first-order valence-electron chi connectivity index (χ1n) is 6.69. The highest BCUT2D eigenvalue weighted by Gasteiger charge is 2.14. The molecular formula is C17H12N2O4S. The molecule has 0 bridgehead atoms. The first-order chi connectivity index (χ1) is 11.3. The van der Waals surface area contributed by atoms with E-state index in [2.05, 4.69) is 4.85 Å². The Morgan fingerprint density at radius 3 is 2.67 bits per heavy atom. The summed E-state index contributed by atoms with van der Waals surface area (Å²) >= 11 is 0. The van der Waals surface area contributed by atoms with Crippen molar-refractivity contribution < 1.29 is 17.7 Å². The number of ether oxygens (including phenoxy) is 1. The van der Waals surface area contributed by atoms with Gasteiger partial charge in [-0.2, -0.15) is 8.42 Å². The summed E-state index contributed by atoms with van der Waals surface area (Å²) in [5.41, 5.74) is 0.633.